The quantitative estimate of drug-likeness (QED) is 0.226. The number of para-hydroxylation sites is 2. The van der Waals surface area contributed by atoms with Gasteiger partial charge in [0.25, 0.3) is 0 Å². The Morgan fingerprint density at radius 2 is 1.27 bits per heavy atom. The molecule has 5 nitrogen and oxygen atoms in total. The predicted molar refractivity (Wildman–Crippen MR) is 124 cm³/mol. The fourth-order valence-electron chi connectivity index (χ4n) is 3.70. The molecule has 0 unspecified atom stereocenters. The third-order valence-electron chi connectivity index (χ3n) is 4.57. The summed E-state index contributed by atoms with van der Waals surface area (Å²) in [4.78, 5) is 23.2. The Morgan fingerprint density at radius 3 is 1.77 bits per heavy atom. The van der Waals surface area contributed by atoms with E-state index in [9.17, 15) is 9.59 Å². The molecule has 0 aliphatic rings. The normalized spacial score (nSPS) is 11.8. The first kappa shape index (κ1) is 24.0. The molecule has 0 saturated heterocycles. The minimum atomic E-state index is -2.11. The molecule has 2 aromatic rings. The van der Waals surface area contributed by atoms with Gasteiger partial charge in [0.05, 0.1) is 7.11 Å². The van der Waals surface area contributed by atoms with Crippen LogP contribution < -0.4 is 9.47 Å². The van der Waals surface area contributed by atoms with Crippen molar-refractivity contribution in [2.45, 2.75) is 51.6 Å². The van der Waals surface area contributed by atoms with Crippen molar-refractivity contribution in [3.8, 4) is 11.5 Å². The number of esters is 1. The van der Waals surface area contributed by atoms with Crippen molar-refractivity contribution in [3.05, 3.63) is 59.7 Å². The standard InChI is InChI=1S/C23H32O5Si2/c1-18(24)15-23(25)27-22-14-10-8-12-20(22)17-30(5,6)28-29(3,4)16-19-11-7-9-13-21(19)26-2/h7-14H,15-17H2,1-6H3. The summed E-state index contributed by atoms with van der Waals surface area (Å²) in [5, 5.41) is 0. The molecule has 0 amide bonds. The first-order valence-corrected chi connectivity index (χ1v) is 16.3. The second kappa shape index (κ2) is 10.2. The van der Waals surface area contributed by atoms with E-state index in [1.807, 2.05) is 36.4 Å². The maximum Gasteiger partial charge on any atom is 0.318 e. The highest BCUT2D eigenvalue weighted by atomic mass is 28.4. The smallest absolute Gasteiger partial charge is 0.318 e. The molecular formula is C23H32O5Si2. The molecule has 0 saturated carbocycles. The van der Waals surface area contributed by atoms with Gasteiger partial charge in [-0.1, -0.05) is 36.4 Å². The van der Waals surface area contributed by atoms with Gasteiger partial charge in [-0.3, -0.25) is 9.59 Å². The molecule has 0 fully saturated rings. The van der Waals surface area contributed by atoms with Crippen LogP contribution in [0.25, 0.3) is 0 Å². The average molecular weight is 445 g/mol. The first-order valence-electron chi connectivity index (χ1n) is 10.1. The molecule has 0 aromatic heterocycles. The molecule has 0 aliphatic heterocycles. The topological polar surface area (TPSA) is 61.8 Å². The Labute approximate surface area is 181 Å². The molecule has 2 aromatic carbocycles. The van der Waals surface area contributed by atoms with Gasteiger partial charge in [-0.05, 0) is 68.5 Å². The zero-order chi connectivity index (χ0) is 22.4. The molecule has 0 radical (unpaired) electrons. The average Bonchev–Trinajstić information content (AvgIpc) is 2.61. The highest BCUT2D eigenvalue weighted by Crippen LogP contribution is 2.28. The van der Waals surface area contributed by atoms with Crippen LogP contribution in [-0.4, -0.2) is 35.5 Å². The zero-order valence-electron chi connectivity index (χ0n) is 18.8. The van der Waals surface area contributed by atoms with Gasteiger partial charge in [-0.15, -0.1) is 0 Å². The lowest BCUT2D eigenvalue weighted by Gasteiger charge is -2.34. The molecule has 30 heavy (non-hydrogen) atoms. The second-order valence-corrected chi connectivity index (χ2v) is 17.3. The van der Waals surface area contributed by atoms with Crippen LogP contribution in [-0.2, 0) is 25.8 Å². The van der Waals surface area contributed by atoms with Gasteiger partial charge in [-0.2, -0.15) is 0 Å². The van der Waals surface area contributed by atoms with E-state index in [1.54, 1.807) is 13.2 Å². The lowest BCUT2D eigenvalue weighted by atomic mass is 10.2. The van der Waals surface area contributed by atoms with Crippen LogP contribution in [0.2, 0.25) is 26.2 Å². The maximum atomic E-state index is 12.0. The third kappa shape index (κ3) is 7.55. The Bertz CT molecular complexity index is 893. The summed E-state index contributed by atoms with van der Waals surface area (Å²) in [7, 11) is -2.44. The van der Waals surface area contributed by atoms with Crippen molar-refractivity contribution in [2.75, 3.05) is 7.11 Å². The second-order valence-electron chi connectivity index (χ2n) is 8.75. The number of benzene rings is 2. The van der Waals surface area contributed by atoms with Crippen LogP contribution in [0.3, 0.4) is 0 Å². The molecule has 0 aliphatic carbocycles. The highest BCUT2D eigenvalue weighted by Gasteiger charge is 2.34. The molecule has 0 heterocycles. The van der Waals surface area contributed by atoms with Crippen molar-refractivity contribution in [1.29, 1.82) is 0 Å². The Kier molecular flexibility index (Phi) is 8.17. The molecule has 2 rings (SSSR count). The predicted octanol–water partition coefficient (Wildman–Crippen LogP) is 4.87. The highest BCUT2D eigenvalue weighted by molar-refractivity contribution is 6.84. The summed E-state index contributed by atoms with van der Waals surface area (Å²) in [6.45, 7) is 10.2. The zero-order valence-corrected chi connectivity index (χ0v) is 20.8. The van der Waals surface area contributed by atoms with Gasteiger partial charge in [-0.25, -0.2) is 0 Å². The summed E-state index contributed by atoms with van der Waals surface area (Å²) in [6.07, 6.45) is -0.218. The van der Waals surface area contributed by atoms with Crippen molar-refractivity contribution >= 4 is 28.4 Å². The van der Waals surface area contributed by atoms with Crippen LogP contribution in [0.1, 0.15) is 24.5 Å². The van der Waals surface area contributed by atoms with Crippen LogP contribution in [0.15, 0.2) is 48.5 Å². The summed E-state index contributed by atoms with van der Waals surface area (Å²) < 4.78 is 17.7. The Balaban J connectivity index is 2.12. The van der Waals surface area contributed by atoms with Crippen molar-refractivity contribution in [2.24, 2.45) is 0 Å². The molecule has 7 heteroatoms. The number of hydrogen-bond donors (Lipinski definition) is 0. The van der Waals surface area contributed by atoms with E-state index in [-0.39, 0.29) is 12.2 Å². The molecule has 0 bridgehead atoms. The van der Waals surface area contributed by atoms with E-state index in [1.165, 1.54) is 12.5 Å². The van der Waals surface area contributed by atoms with Gasteiger partial charge in [0.15, 0.2) is 16.6 Å². The van der Waals surface area contributed by atoms with E-state index >= 15 is 0 Å². The number of carbonyl (C=O) groups excluding carboxylic acids is 2. The van der Waals surface area contributed by atoms with Crippen LogP contribution in [0, 0.1) is 0 Å². The van der Waals surface area contributed by atoms with Crippen molar-refractivity contribution in [3.63, 3.8) is 0 Å². The number of carbonyl (C=O) groups is 2. The number of ketones is 1. The SMILES string of the molecule is COc1ccccc1C[Si](C)(C)O[Si](C)(C)Cc1ccccc1OC(=O)CC(C)=O. The lowest BCUT2D eigenvalue weighted by molar-refractivity contribution is -0.137. The number of Topliss-reactive ketones (excluding diaryl/α,β-unsaturated/α-hetero) is 1. The summed E-state index contributed by atoms with van der Waals surface area (Å²) in [5.41, 5.74) is 2.10. The van der Waals surface area contributed by atoms with Crippen LogP contribution in [0.5, 0.6) is 11.5 Å². The van der Waals surface area contributed by atoms with Gasteiger partial charge in [0.2, 0.25) is 0 Å². The molecule has 0 atom stereocenters. The summed E-state index contributed by atoms with van der Waals surface area (Å²) in [5.74, 6) is 0.668. The van der Waals surface area contributed by atoms with E-state index in [0.29, 0.717) is 5.75 Å². The van der Waals surface area contributed by atoms with E-state index < -0.39 is 22.6 Å². The number of methoxy groups -OCH3 is 1. The van der Waals surface area contributed by atoms with Gasteiger partial charge >= 0.3 is 5.97 Å². The number of rotatable bonds is 10. The fourth-order valence-corrected chi connectivity index (χ4v) is 12.7. The van der Waals surface area contributed by atoms with E-state index in [4.69, 9.17) is 13.6 Å². The van der Waals surface area contributed by atoms with Crippen LogP contribution in [0.4, 0.5) is 0 Å². The largest absolute Gasteiger partial charge is 0.496 e. The van der Waals surface area contributed by atoms with E-state index in [2.05, 4.69) is 32.3 Å². The number of hydrogen-bond acceptors (Lipinski definition) is 5. The van der Waals surface area contributed by atoms with Crippen molar-refractivity contribution in [1.82, 2.24) is 0 Å². The van der Waals surface area contributed by atoms with E-state index in [0.717, 1.165) is 23.4 Å². The maximum absolute atomic E-state index is 12.0. The van der Waals surface area contributed by atoms with Gasteiger partial charge in [0, 0.05) is 0 Å². The fraction of sp³-hybridized carbons (Fsp3) is 0.391. The van der Waals surface area contributed by atoms with Crippen molar-refractivity contribution < 1.29 is 23.2 Å². The monoisotopic (exact) mass is 444 g/mol. The lowest BCUT2D eigenvalue weighted by Crippen LogP contribution is -2.47. The Morgan fingerprint density at radius 1 is 0.800 bits per heavy atom. The third-order valence-corrected chi connectivity index (χ3v) is 11.5. The Hall–Kier alpha value is -2.23. The molecular weight excluding hydrogens is 412 g/mol. The first-order chi connectivity index (χ1) is 14.0. The minimum Gasteiger partial charge on any atom is -0.496 e. The summed E-state index contributed by atoms with van der Waals surface area (Å²) in [6, 6.07) is 17.1. The van der Waals surface area contributed by atoms with Gasteiger partial charge in [0.1, 0.15) is 23.7 Å². The minimum absolute atomic E-state index is 0.209. The number of ether oxygens (including phenoxy) is 2. The molecule has 0 spiro atoms. The summed E-state index contributed by atoms with van der Waals surface area (Å²) >= 11 is 0. The van der Waals surface area contributed by atoms with Crippen LogP contribution >= 0.6 is 0 Å². The molecule has 0 N–H and O–H groups in total. The molecule has 162 valence electrons. The van der Waals surface area contributed by atoms with Gasteiger partial charge < -0.3 is 13.6 Å².